The van der Waals surface area contributed by atoms with E-state index in [1.807, 2.05) is 30.3 Å². The maximum absolute atomic E-state index is 12.4. The lowest BCUT2D eigenvalue weighted by atomic mass is 9.97. The van der Waals surface area contributed by atoms with Crippen LogP contribution in [-0.2, 0) is 9.53 Å². The summed E-state index contributed by atoms with van der Waals surface area (Å²) in [6.45, 7) is 5.70. The van der Waals surface area contributed by atoms with Gasteiger partial charge < -0.3 is 10.1 Å². The number of ether oxygens (including phenoxy) is 1. The van der Waals surface area contributed by atoms with Gasteiger partial charge in [-0.15, -0.1) is 0 Å². The van der Waals surface area contributed by atoms with Crippen LogP contribution in [0.4, 0.5) is 5.69 Å². The molecule has 2 aromatic carbocycles. The molecule has 0 aliphatic heterocycles. The van der Waals surface area contributed by atoms with Gasteiger partial charge in [0.15, 0.2) is 6.10 Å². The van der Waals surface area contributed by atoms with Gasteiger partial charge in [0, 0.05) is 5.69 Å². The maximum atomic E-state index is 12.4. The molecule has 0 aliphatic rings. The van der Waals surface area contributed by atoms with Crippen LogP contribution in [0.15, 0.2) is 48.5 Å². The van der Waals surface area contributed by atoms with Crippen LogP contribution < -0.4 is 5.32 Å². The molecule has 0 saturated heterocycles. The van der Waals surface area contributed by atoms with Crippen molar-refractivity contribution in [1.82, 2.24) is 0 Å². The first-order valence-corrected chi connectivity index (χ1v) is 8.57. The first-order chi connectivity index (χ1) is 12.5. The van der Waals surface area contributed by atoms with Crippen LogP contribution in [0.3, 0.4) is 0 Å². The maximum Gasteiger partial charge on any atom is 0.338 e. The number of hydrogen-bond donors (Lipinski definition) is 1. The highest BCUT2D eigenvalue weighted by Crippen LogP contribution is 2.26. The third-order valence-corrected chi connectivity index (χ3v) is 4.24. The van der Waals surface area contributed by atoms with E-state index >= 15 is 0 Å². The summed E-state index contributed by atoms with van der Waals surface area (Å²) in [6.07, 6.45) is -0.00892. The van der Waals surface area contributed by atoms with Gasteiger partial charge in [0.2, 0.25) is 0 Å². The van der Waals surface area contributed by atoms with Gasteiger partial charge in [0.1, 0.15) is 0 Å². The van der Waals surface area contributed by atoms with Gasteiger partial charge in [-0.25, -0.2) is 4.79 Å². The third kappa shape index (κ3) is 4.70. The monoisotopic (exact) mass is 350 g/mol. The fourth-order valence-corrected chi connectivity index (χ4v) is 2.49. The number of nitriles is 1. The Bertz CT molecular complexity index is 839. The zero-order valence-corrected chi connectivity index (χ0v) is 15.2. The Labute approximate surface area is 153 Å². The summed E-state index contributed by atoms with van der Waals surface area (Å²) in [7, 11) is 0. The zero-order chi connectivity index (χ0) is 19.1. The van der Waals surface area contributed by atoms with Crippen molar-refractivity contribution < 1.29 is 14.3 Å². The minimum atomic E-state index is -0.960. The molecule has 0 aromatic heterocycles. The number of rotatable bonds is 6. The van der Waals surface area contributed by atoms with Gasteiger partial charge in [0.05, 0.1) is 17.2 Å². The first-order valence-electron chi connectivity index (χ1n) is 8.57. The molecule has 0 fully saturated rings. The van der Waals surface area contributed by atoms with Gasteiger partial charge in [-0.3, -0.25) is 4.79 Å². The Morgan fingerprint density at radius 3 is 2.58 bits per heavy atom. The average Bonchev–Trinajstić information content (AvgIpc) is 2.67. The van der Waals surface area contributed by atoms with Crippen LogP contribution >= 0.6 is 0 Å². The standard InChI is InChI=1S/C21H22N2O3/c1-4-14(2)18-10-5-6-11-19(18)23-20(24)15(3)26-21(25)17-9-7-8-16(12-17)13-22/h5-12,14-15H,4H2,1-3H3,(H,23,24)/t14-,15+/m1/s1. The Hall–Kier alpha value is -3.13. The number of nitrogens with zero attached hydrogens (tertiary/aromatic N) is 1. The first kappa shape index (κ1) is 19.2. The van der Waals surface area contributed by atoms with Gasteiger partial charge in [-0.05, 0) is 49.1 Å². The molecular formula is C21H22N2O3. The minimum Gasteiger partial charge on any atom is -0.449 e. The van der Waals surface area contributed by atoms with E-state index in [0.717, 1.165) is 17.7 Å². The third-order valence-electron chi connectivity index (χ3n) is 4.24. The van der Waals surface area contributed by atoms with E-state index in [4.69, 9.17) is 10.00 Å². The number of esters is 1. The van der Waals surface area contributed by atoms with Gasteiger partial charge in [-0.1, -0.05) is 38.1 Å². The molecule has 2 rings (SSSR count). The van der Waals surface area contributed by atoms with Crippen molar-refractivity contribution in [1.29, 1.82) is 5.26 Å². The normalized spacial score (nSPS) is 12.5. The van der Waals surface area contributed by atoms with Crippen LogP contribution in [0.25, 0.3) is 0 Å². The second-order valence-corrected chi connectivity index (χ2v) is 6.13. The van der Waals surface area contributed by atoms with Crippen molar-refractivity contribution in [3.8, 4) is 6.07 Å². The van der Waals surface area contributed by atoms with Crippen LogP contribution in [0.1, 0.15) is 54.6 Å². The van der Waals surface area contributed by atoms with Gasteiger partial charge in [-0.2, -0.15) is 5.26 Å². The summed E-state index contributed by atoms with van der Waals surface area (Å²) >= 11 is 0. The molecule has 134 valence electrons. The van der Waals surface area contributed by atoms with Gasteiger partial charge in [0.25, 0.3) is 5.91 Å². The highest BCUT2D eigenvalue weighted by atomic mass is 16.5. The number of hydrogen-bond acceptors (Lipinski definition) is 4. The van der Waals surface area contributed by atoms with E-state index in [1.54, 1.807) is 18.2 Å². The van der Waals surface area contributed by atoms with Crippen molar-refractivity contribution in [2.24, 2.45) is 0 Å². The molecule has 0 heterocycles. The van der Waals surface area contributed by atoms with Crippen molar-refractivity contribution in [3.63, 3.8) is 0 Å². The Morgan fingerprint density at radius 1 is 1.15 bits per heavy atom. The Kier molecular flexibility index (Phi) is 6.51. The lowest BCUT2D eigenvalue weighted by molar-refractivity contribution is -0.123. The summed E-state index contributed by atoms with van der Waals surface area (Å²) in [5.41, 5.74) is 2.37. The lowest BCUT2D eigenvalue weighted by Crippen LogP contribution is -2.30. The molecule has 1 N–H and O–H groups in total. The zero-order valence-electron chi connectivity index (χ0n) is 15.2. The van der Waals surface area contributed by atoms with E-state index in [2.05, 4.69) is 19.2 Å². The molecule has 0 bridgehead atoms. The average molecular weight is 350 g/mol. The number of para-hydroxylation sites is 1. The van der Waals surface area contributed by atoms with Crippen molar-refractivity contribution in [2.75, 3.05) is 5.32 Å². The van der Waals surface area contributed by atoms with E-state index in [-0.39, 0.29) is 5.56 Å². The molecule has 26 heavy (non-hydrogen) atoms. The SMILES string of the molecule is CC[C@@H](C)c1ccccc1NC(=O)[C@H](C)OC(=O)c1cccc(C#N)c1. The highest BCUT2D eigenvalue weighted by molar-refractivity contribution is 5.97. The number of carbonyl (C=O) groups is 2. The molecule has 2 aromatic rings. The molecule has 0 aliphatic carbocycles. The molecule has 2 atom stereocenters. The second-order valence-electron chi connectivity index (χ2n) is 6.13. The fraction of sp³-hybridized carbons (Fsp3) is 0.286. The molecule has 0 spiro atoms. The summed E-state index contributed by atoms with van der Waals surface area (Å²) in [4.78, 5) is 24.6. The van der Waals surface area contributed by atoms with Crippen molar-refractivity contribution >= 4 is 17.6 Å². The van der Waals surface area contributed by atoms with Crippen LogP contribution in [0.2, 0.25) is 0 Å². The van der Waals surface area contributed by atoms with E-state index < -0.39 is 18.0 Å². The van der Waals surface area contributed by atoms with Crippen molar-refractivity contribution in [2.45, 2.75) is 39.2 Å². The molecule has 0 radical (unpaired) electrons. The lowest BCUT2D eigenvalue weighted by Gasteiger charge is -2.18. The summed E-state index contributed by atoms with van der Waals surface area (Å²) in [6, 6.07) is 15.7. The quantitative estimate of drug-likeness (QED) is 0.790. The van der Waals surface area contributed by atoms with Gasteiger partial charge >= 0.3 is 5.97 Å². The predicted molar refractivity (Wildman–Crippen MR) is 99.8 cm³/mol. The molecule has 1 amide bonds. The number of carbonyl (C=O) groups excluding carboxylic acids is 2. The Morgan fingerprint density at radius 2 is 1.88 bits per heavy atom. The number of nitrogens with one attached hydrogen (secondary N) is 1. The molecule has 5 heteroatoms. The molecule has 0 saturated carbocycles. The van der Waals surface area contributed by atoms with E-state index in [0.29, 0.717) is 11.5 Å². The van der Waals surface area contributed by atoms with E-state index in [1.165, 1.54) is 13.0 Å². The molecule has 5 nitrogen and oxygen atoms in total. The topological polar surface area (TPSA) is 79.2 Å². The highest BCUT2D eigenvalue weighted by Gasteiger charge is 2.20. The summed E-state index contributed by atoms with van der Waals surface area (Å²) < 4.78 is 5.24. The van der Waals surface area contributed by atoms with Crippen LogP contribution in [-0.4, -0.2) is 18.0 Å². The summed E-state index contributed by atoms with van der Waals surface area (Å²) in [5, 5.41) is 11.7. The second kappa shape index (κ2) is 8.82. The number of benzene rings is 2. The Balaban J connectivity index is 2.06. The molecular weight excluding hydrogens is 328 g/mol. The number of amides is 1. The van der Waals surface area contributed by atoms with Crippen molar-refractivity contribution in [3.05, 3.63) is 65.2 Å². The van der Waals surface area contributed by atoms with Crippen LogP contribution in [0, 0.1) is 11.3 Å². The smallest absolute Gasteiger partial charge is 0.338 e. The predicted octanol–water partition coefficient (Wildman–Crippen LogP) is 4.26. The number of anilines is 1. The van der Waals surface area contributed by atoms with E-state index in [9.17, 15) is 9.59 Å². The van der Waals surface area contributed by atoms with Crippen LogP contribution in [0.5, 0.6) is 0 Å². The fourth-order valence-electron chi connectivity index (χ4n) is 2.49. The summed E-state index contributed by atoms with van der Waals surface area (Å²) in [5.74, 6) is -0.733. The molecule has 0 unspecified atom stereocenters. The minimum absolute atomic E-state index is 0.240. The largest absolute Gasteiger partial charge is 0.449 e.